The Balaban J connectivity index is 2.84. The van der Waals surface area contributed by atoms with Crippen molar-refractivity contribution in [3.63, 3.8) is 0 Å². The Bertz CT molecular complexity index is 395. The van der Waals surface area contributed by atoms with Gasteiger partial charge in [-0.2, -0.15) is 0 Å². The van der Waals surface area contributed by atoms with Crippen molar-refractivity contribution in [2.24, 2.45) is 5.92 Å². The molecule has 114 valence electrons. The molecule has 0 saturated carbocycles. The van der Waals surface area contributed by atoms with E-state index in [1.807, 2.05) is 0 Å². The first-order chi connectivity index (χ1) is 9.62. The average Bonchev–Trinajstić information content (AvgIpc) is 2.45. The molecule has 20 heavy (non-hydrogen) atoms. The van der Waals surface area contributed by atoms with Gasteiger partial charge in [-0.15, -0.1) is 0 Å². The number of hydrogen-bond donors (Lipinski definition) is 1. The maximum atomic E-state index is 3.68. The van der Waals surface area contributed by atoms with Gasteiger partial charge in [-0.3, -0.25) is 0 Å². The Morgan fingerprint density at radius 1 is 1.25 bits per heavy atom. The molecule has 0 heterocycles. The number of halogens is 2. The summed E-state index contributed by atoms with van der Waals surface area (Å²) in [7, 11) is 0. The van der Waals surface area contributed by atoms with Crippen LogP contribution in [0.1, 0.15) is 64.5 Å². The summed E-state index contributed by atoms with van der Waals surface area (Å²) in [4.78, 5) is 0. The summed E-state index contributed by atoms with van der Waals surface area (Å²) < 4.78 is 2.54. The van der Waals surface area contributed by atoms with Crippen molar-refractivity contribution in [2.75, 3.05) is 6.54 Å². The van der Waals surface area contributed by atoms with Gasteiger partial charge in [0.05, 0.1) is 0 Å². The minimum Gasteiger partial charge on any atom is -0.310 e. The van der Waals surface area contributed by atoms with Crippen LogP contribution in [-0.2, 0) is 0 Å². The maximum absolute atomic E-state index is 3.68. The highest BCUT2D eigenvalue weighted by Gasteiger charge is 2.18. The molecule has 1 nitrogen and oxygen atoms in total. The molecule has 0 aliphatic rings. The second kappa shape index (κ2) is 10.2. The summed E-state index contributed by atoms with van der Waals surface area (Å²) in [6.07, 6.45) is 6.55. The number of benzene rings is 1. The van der Waals surface area contributed by atoms with Crippen LogP contribution in [-0.4, -0.2) is 6.54 Å². The number of unbranched alkanes of at least 4 members (excludes halogenated alkanes) is 1. The van der Waals surface area contributed by atoms with Gasteiger partial charge in [-0.1, -0.05) is 62.4 Å². The minimum absolute atomic E-state index is 0.478. The molecule has 0 fully saturated rings. The fourth-order valence-corrected chi connectivity index (χ4v) is 3.75. The molecule has 1 aromatic rings. The zero-order valence-electron chi connectivity index (χ0n) is 12.9. The zero-order chi connectivity index (χ0) is 15.0. The number of hydrogen-bond acceptors (Lipinski definition) is 1. The van der Waals surface area contributed by atoms with Crippen molar-refractivity contribution in [2.45, 2.75) is 58.9 Å². The van der Waals surface area contributed by atoms with E-state index in [1.54, 1.807) is 0 Å². The summed E-state index contributed by atoms with van der Waals surface area (Å²) >= 11 is 6.07. The van der Waals surface area contributed by atoms with Crippen molar-refractivity contribution in [3.05, 3.63) is 31.8 Å². The minimum atomic E-state index is 0.478. The highest BCUT2D eigenvalue weighted by atomic mass is 127. The van der Waals surface area contributed by atoms with Gasteiger partial charge in [0.15, 0.2) is 0 Å². The molecule has 0 bridgehead atoms. The van der Waals surface area contributed by atoms with E-state index in [0.717, 1.165) is 12.5 Å². The molecule has 0 amide bonds. The van der Waals surface area contributed by atoms with Gasteiger partial charge >= 0.3 is 0 Å². The molecule has 1 aromatic carbocycles. The number of rotatable bonds is 9. The number of nitrogens with one attached hydrogen (secondary N) is 1. The van der Waals surface area contributed by atoms with Gasteiger partial charge < -0.3 is 5.32 Å². The fraction of sp³-hybridized carbons (Fsp3) is 0.647. The molecule has 0 radical (unpaired) electrons. The lowest BCUT2D eigenvalue weighted by Crippen LogP contribution is -2.24. The zero-order valence-corrected chi connectivity index (χ0v) is 16.6. The standard InChI is InChI=1S/C17H27BrIN/c1-4-7-8-13(5-2)11-17(20-6-3)15-12-14(18)9-10-16(15)19/h9-10,12-13,17,20H,4-8,11H2,1-3H3. The highest BCUT2D eigenvalue weighted by molar-refractivity contribution is 14.1. The Hall–Kier alpha value is 0.390. The first-order valence-corrected chi connectivity index (χ1v) is 9.67. The van der Waals surface area contributed by atoms with Crippen LogP contribution in [0, 0.1) is 9.49 Å². The lowest BCUT2D eigenvalue weighted by atomic mass is 9.89. The normalized spacial score (nSPS) is 14.2. The van der Waals surface area contributed by atoms with Crippen molar-refractivity contribution >= 4 is 38.5 Å². The van der Waals surface area contributed by atoms with Crippen LogP contribution in [0.2, 0.25) is 0 Å². The lowest BCUT2D eigenvalue weighted by molar-refractivity contribution is 0.356. The van der Waals surface area contributed by atoms with Gasteiger partial charge in [0.2, 0.25) is 0 Å². The highest BCUT2D eigenvalue weighted by Crippen LogP contribution is 2.31. The molecular formula is C17H27BrIN. The Morgan fingerprint density at radius 2 is 2.00 bits per heavy atom. The molecule has 1 N–H and O–H groups in total. The van der Waals surface area contributed by atoms with E-state index >= 15 is 0 Å². The second-order valence-corrected chi connectivity index (χ2v) is 7.51. The fourth-order valence-electron chi connectivity index (χ4n) is 2.66. The first-order valence-electron chi connectivity index (χ1n) is 7.80. The summed E-state index contributed by atoms with van der Waals surface area (Å²) in [6, 6.07) is 7.09. The third-order valence-corrected chi connectivity index (χ3v) is 5.37. The molecule has 2 atom stereocenters. The molecule has 0 saturated heterocycles. The quantitative estimate of drug-likeness (QED) is 0.433. The summed E-state index contributed by atoms with van der Waals surface area (Å²) in [5.41, 5.74) is 1.44. The monoisotopic (exact) mass is 451 g/mol. The van der Waals surface area contributed by atoms with E-state index in [-0.39, 0.29) is 0 Å². The molecule has 0 spiro atoms. The average molecular weight is 452 g/mol. The predicted molar refractivity (Wildman–Crippen MR) is 101 cm³/mol. The van der Waals surface area contributed by atoms with Gasteiger partial charge in [0.1, 0.15) is 0 Å². The van der Waals surface area contributed by atoms with Crippen molar-refractivity contribution < 1.29 is 0 Å². The second-order valence-electron chi connectivity index (χ2n) is 5.43. The van der Waals surface area contributed by atoms with Crippen LogP contribution in [0.5, 0.6) is 0 Å². The first kappa shape index (κ1) is 18.4. The molecule has 2 unspecified atom stereocenters. The lowest BCUT2D eigenvalue weighted by Gasteiger charge is -2.25. The van der Waals surface area contributed by atoms with Crippen molar-refractivity contribution in [1.29, 1.82) is 0 Å². The topological polar surface area (TPSA) is 12.0 Å². The molecule has 1 rings (SSSR count). The third-order valence-electron chi connectivity index (χ3n) is 3.90. The van der Waals surface area contributed by atoms with Gasteiger partial charge in [0, 0.05) is 14.1 Å². The molecular weight excluding hydrogens is 425 g/mol. The summed E-state index contributed by atoms with van der Waals surface area (Å²) in [5, 5.41) is 3.68. The van der Waals surface area contributed by atoms with Crippen LogP contribution in [0.25, 0.3) is 0 Å². The Morgan fingerprint density at radius 3 is 2.60 bits per heavy atom. The summed E-state index contributed by atoms with van der Waals surface area (Å²) in [5.74, 6) is 0.828. The largest absolute Gasteiger partial charge is 0.310 e. The van der Waals surface area contributed by atoms with Gasteiger partial charge in [0.25, 0.3) is 0 Å². The molecule has 0 aromatic heterocycles. The predicted octanol–water partition coefficient (Wildman–Crippen LogP) is 6.31. The Labute approximate surface area is 146 Å². The van der Waals surface area contributed by atoms with Crippen LogP contribution < -0.4 is 5.32 Å². The van der Waals surface area contributed by atoms with E-state index < -0.39 is 0 Å². The molecule has 0 aliphatic heterocycles. The maximum Gasteiger partial charge on any atom is 0.0333 e. The van der Waals surface area contributed by atoms with E-state index in [1.165, 1.54) is 45.7 Å². The van der Waals surface area contributed by atoms with Crippen LogP contribution in [0.15, 0.2) is 22.7 Å². The Kier molecular flexibility index (Phi) is 9.38. The van der Waals surface area contributed by atoms with E-state index in [4.69, 9.17) is 0 Å². The third kappa shape index (κ3) is 6.02. The molecule has 0 aliphatic carbocycles. The van der Waals surface area contributed by atoms with Crippen molar-refractivity contribution in [1.82, 2.24) is 5.32 Å². The van der Waals surface area contributed by atoms with Gasteiger partial charge in [-0.05, 0) is 65.2 Å². The van der Waals surface area contributed by atoms with E-state index in [2.05, 4.69) is 82.8 Å². The van der Waals surface area contributed by atoms with Crippen LogP contribution >= 0.6 is 38.5 Å². The van der Waals surface area contributed by atoms with Crippen LogP contribution in [0.3, 0.4) is 0 Å². The van der Waals surface area contributed by atoms with Crippen molar-refractivity contribution in [3.8, 4) is 0 Å². The van der Waals surface area contributed by atoms with E-state index in [9.17, 15) is 0 Å². The van der Waals surface area contributed by atoms with Crippen LogP contribution in [0.4, 0.5) is 0 Å². The summed E-state index contributed by atoms with van der Waals surface area (Å²) in [6.45, 7) is 7.84. The van der Waals surface area contributed by atoms with E-state index in [0.29, 0.717) is 6.04 Å². The SMILES string of the molecule is CCCCC(CC)CC(NCC)c1cc(Br)ccc1I. The molecule has 3 heteroatoms. The van der Waals surface area contributed by atoms with Gasteiger partial charge in [-0.25, -0.2) is 0 Å². The smallest absolute Gasteiger partial charge is 0.0333 e.